The lowest BCUT2D eigenvalue weighted by Gasteiger charge is -2.26. The molecule has 7 heteroatoms. The Balaban J connectivity index is 1.70. The number of halogens is 1. The Hall–Kier alpha value is -2.51. The van der Waals surface area contributed by atoms with E-state index in [0.29, 0.717) is 24.8 Å². The van der Waals surface area contributed by atoms with Crippen LogP contribution in [0.3, 0.4) is 0 Å². The molecule has 3 aromatic rings. The van der Waals surface area contributed by atoms with Crippen molar-refractivity contribution in [2.45, 2.75) is 12.5 Å². The number of hydrogen-bond donors (Lipinski definition) is 0. The molecule has 0 unspecified atom stereocenters. The zero-order valence-corrected chi connectivity index (χ0v) is 17.2. The van der Waals surface area contributed by atoms with Gasteiger partial charge in [-0.05, 0) is 24.1 Å². The van der Waals surface area contributed by atoms with E-state index in [4.69, 9.17) is 9.72 Å². The number of H-pyrrole nitrogens is 1. The van der Waals surface area contributed by atoms with Gasteiger partial charge in [0.15, 0.2) is 12.4 Å². The van der Waals surface area contributed by atoms with Gasteiger partial charge in [0, 0.05) is 48.4 Å². The van der Waals surface area contributed by atoms with Crippen molar-refractivity contribution in [3.8, 4) is 11.3 Å². The molecule has 1 aromatic carbocycles. The molecule has 0 bridgehead atoms. The Kier molecular flexibility index (Phi) is 5.54. The monoisotopic (exact) mass is 441 g/mol. The minimum absolute atomic E-state index is 0.0722. The van der Waals surface area contributed by atoms with Crippen LogP contribution in [0.1, 0.15) is 18.1 Å². The van der Waals surface area contributed by atoms with Gasteiger partial charge in [-0.1, -0.05) is 28.1 Å². The van der Waals surface area contributed by atoms with Crippen molar-refractivity contribution < 1.29 is 9.72 Å². The summed E-state index contributed by atoms with van der Waals surface area (Å²) in [5.74, 6) is 0.667. The molecule has 6 nitrogen and oxygen atoms in total. The molecular weight excluding hydrogens is 420 g/mol. The van der Waals surface area contributed by atoms with Crippen LogP contribution in [0.25, 0.3) is 11.3 Å². The second kappa shape index (κ2) is 8.24. The van der Waals surface area contributed by atoms with Crippen LogP contribution in [-0.4, -0.2) is 29.2 Å². The van der Waals surface area contributed by atoms with Crippen molar-refractivity contribution in [2.24, 2.45) is 7.05 Å². The minimum Gasteiger partial charge on any atom is -0.372 e. The summed E-state index contributed by atoms with van der Waals surface area (Å²) in [6.07, 6.45) is 4.46. The fourth-order valence-corrected chi connectivity index (χ4v) is 3.85. The molecule has 0 saturated carbocycles. The molecule has 0 radical (unpaired) electrons. The molecule has 4 rings (SSSR count). The summed E-state index contributed by atoms with van der Waals surface area (Å²) in [5, 5.41) is 0. The number of pyridine rings is 1. The predicted molar refractivity (Wildman–Crippen MR) is 111 cm³/mol. The first-order valence-electron chi connectivity index (χ1n) is 9.28. The van der Waals surface area contributed by atoms with E-state index in [0.717, 1.165) is 28.6 Å². The Morgan fingerprint density at radius 1 is 1.21 bits per heavy atom. The quantitative estimate of drug-likeness (QED) is 0.626. The summed E-state index contributed by atoms with van der Waals surface area (Å²) >= 11 is 3.54. The summed E-state index contributed by atoms with van der Waals surface area (Å²) in [5.41, 5.74) is 2.63. The van der Waals surface area contributed by atoms with E-state index in [1.165, 1.54) is 0 Å². The highest BCUT2D eigenvalue weighted by molar-refractivity contribution is 9.10. The molecule has 2 aromatic heterocycles. The molecule has 28 heavy (non-hydrogen) atoms. The first kappa shape index (κ1) is 18.8. The van der Waals surface area contributed by atoms with Gasteiger partial charge in [0.2, 0.25) is 5.95 Å². The average molecular weight is 442 g/mol. The zero-order chi connectivity index (χ0) is 19.5. The van der Waals surface area contributed by atoms with Crippen LogP contribution >= 0.6 is 15.9 Å². The smallest absolute Gasteiger partial charge is 0.255 e. The van der Waals surface area contributed by atoms with Crippen LogP contribution in [0, 0.1) is 0 Å². The van der Waals surface area contributed by atoms with E-state index in [-0.39, 0.29) is 11.7 Å². The maximum atomic E-state index is 12.6. The van der Waals surface area contributed by atoms with Crippen molar-refractivity contribution in [3.05, 3.63) is 75.2 Å². The first-order chi connectivity index (χ1) is 13.6. The van der Waals surface area contributed by atoms with Gasteiger partial charge in [-0.2, -0.15) is 0 Å². The molecule has 1 atom stereocenters. The second-order valence-corrected chi connectivity index (χ2v) is 7.76. The summed E-state index contributed by atoms with van der Waals surface area (Å²) < 4.78 is 8.74. The normalized spacial score (nSPS) is 17.4. The van der Waals surface area contributed by atoms with Gasteiger partial charge >= 0.3 is 0 Å². The molecular formula is C21H22BrN4O2+. The molecule has 144 valence electrons. The van der Waals surface area contributed by atoms with Crippen LogP contribution in [0.15, 0.2) is 64.1 Å². The average Bonchev–Trinajstić information content (AvgIpc) is 2.97. The number of nitrogens with one attached hydrogen (secondary N) is 1. The van der Waals surface area contributed by atoms with Gasteiger partial charge in [-0.25, -0.2) is 9.97 Å². The fourth-order valence-electron chi connectivity index (χ4n) is 3.43. The van der Waals surface area contributed by atoms with Gasteiger partial charge in [-0.3, -0.25) is 9.36 Å². The number of anilines is 1. The lowest BCUT2D eigenvalue weighted by Crippen LogP contribution is -2.34. The van der Waals surface area contributed by atoms with Crippen molar-refractivity contribution in [1.82, 2.24) is 9.55 Å². The van der Waals surface area contributed by atoms with E-state index in [1.54, 1.807) is 17.7 Å². The van der Waals surface area contributed by atoms with Gasteiger partial charge in [0.1, 0.15) is 6.10 Å². The third-order valence-electron chi connectivity index (χ3n) is 4.91. The lowest BCUT2D eigenvalue weighted by molar-refractivity contribution is -0.377. The molecule has 0 spiro atoms. The number of benzene rings is 1. The summed E-state index contributed by atoms with van der Waals surface area (Å²) in [6.45, 7) is 2.11. The van der Waals surface area contributed by atoms with Crippen molar-refractivity contribution in [1.29, 1.82) is 0 Å². The van der Waals surface area contributed by atoms with E-state index < -0.39 is 0 Å². The van der Waals surface area contributed by atoms with Gasteiger partial charge in [-0.15, -0.1) is 0 Å². The van der Waals surface area contributed by atoms with Crippen LogP contribution in [-0.2, 0) is 11.8 Å². The second-order valence-electron chi connectivity index (χ2n) is 6.84. The first-order valence-corrected chi connectivity index (χ1v) is 10.1. The summed E-state index contributed by atoms with van der Waals surface area (Å²) in [6, 6.07) is 13.6. The van der Waals surface area contributed by atoms with E-state index in [1.807, 2.05) is 36.7 Å². The SMILES string of the molecule is Cn1c(N2CCCO[C@H](c3cccc(Br)c3)C2)nc(-c2cc[nH+]cc2)cc1=O. The number of hydrogen-bond acceptors (Lipinski definition) is 4. The third kappa shape index (κ3) is 4.00. The fraction of sp³-hybridized carbons (Fsp3) is 0.286. The Morgan fingerprint density at radius 3 is 2.82 bits per heavy atom. The molecule has 3 heterocycles. The highest BCUT2D eigenvalue weighted by Gasteiger charge is 2.24. The van der Waals surface area contributed by atoms with Gasteiger partial charge < -0.3 is 9.64 Å². The number of ether oxygens (including phenoxy) is 1. The Morgan fingerprint density at radius 2 is 2.04 bits per heavy atom. The molecule has 1 N–H and O–H groups in total. The zero-order valence-electron chi connectivity index (χ0n) is 15.6. The maximum Gasteiger partial charge on any atom is 0.255 e. The Labute approximate surface area is 172 Å². The molecule has 1 aliphatic heterocycles. The number of aromatic amines is 1. The van der Waals surface area contributed by atoms with E-state index in [2.05, 4.69) is 37.9 Å². The molecule has 1 saturated heterocycles. The van der Waals surface area contributed by atoms with Crippen molar-refractivity contribution in [2.75, 3.05) is 24.6 Å². The molecule has 1 aliphatic rings. The van der Waals surface area contributed by atoms with Gasteiger partial charge in [0.25, 0.3) is 5.56 Å². The van der Waals surface area contributed by atoms with Crippen LogP contribution < -0.4 is 15.4 Å². The van der Waals surface area contributed by atoms with Crippen LogP contribution in [0.4, 0.5) is 5.95 Å². The number of nitrogens with zero attached hydrogens (tertiary/aromatic N) is 3. The molecule has 1 fully saturated rings. The van der Waals surface area contributed by atoms with Crippen LogP contribution in [0.5, 0.6) is 0 Å². The number of rotatable bonds is 3. The summed E-state index contributed by atoms with van der Waals surface area (Å²) in [7, 11) is 1.77. The van der Waals surface area contributed by atoms with Crippen LogP contribution in [0.2, 0.25) is 0 Å². The van der Waals surface area contributed by atoms with Crippen molar-refractivity contribution >= 4 is 21.9 Å². The highest BCUT2D eigenvalue weighted by Crippen LogP contribution is 2.27. The predicted octanol–water partition coefficient (Wildman–Crippen LogP) is 2.99. The summed E-state index contributed by atoms with van der Waals surface area (Å²) in [4.78, 5) is 22.6. The maximum absolute atomic E-state index is 12.6. The molecule has 0 aliphatic carbocycles. The molecule has 0 amide bonds. The third-order valence-corrected chi connectivity index (χ3v) is 5.40. The highest BCUT2D eigenvalue weighted by atomic mass is 79.9. The largest absolute Gasteiger partial charge is 0.372 e. The van der Waals surface area contributed by atoms with Crippen molar-refractivity contribution in [3.63, 3.8) is 0 Å². The van der Waals surface area contributed by atoms with Gasteiger partial charge in [0.05, 0.1) is 12.2 Å². The lowest BCUT2D eigenvalue weighted by atomic mass is 10.1. The van der Waals surface area contributed by atoms with E-state index in [9.17, 15) is 4.79 Å². The standard InChI is InChI=1S/C21H21BrN4O2/c1-25-20(27)13-18(15-6-8-23-9-7-15)24-21(25)26-10-3-11-28-19(14-26)16-4-2-5-17(22)12-16/h2,4-9,12-13,19H,3,10-11,14H2,1H3/p+1/t19-/m0/s1. The topological polar surface area (TPSA) is 61.5 Å². The minimum atomic E-state index is -0.0770. The number of aromatic nitrogens is 3. The van der Waals surface area contributed by atoms with E-state index >= 15 is 0 Å². The Bertz CT molecular complexity index is 1020.